The number of piperazine rings is 1. The fourth-order valence-electron chi connectivity index (χ4n) is 2.50. The number of nitrogens with zero attached hydrogens (tertiary/aromatic N) is 2. The maximum atomic E-state index is 13.6. The summed E-state index contributed by atoms with van der Waals surface area (Å²) in [5, 5.41) is 0. The highest BCUT2D eigenvalue weighted by atomic mass is 19.1. The molecule has 1 fully saturated rings. The zero-order valence-corrected chi connectivity index (χ0v) is 12.3. The first-order valence-electron chi connectivity index (χ1n) is 7.16. The van der Waals surface area contributed by atoms with E-state index in [1.807, 2.05) is 11.0 Å². The van der Waals surface area contributed by atoms with Crippen LogP contribution < -0.4 is 10.5 Å². The molecule has 0 atom stereocenters. The van der Waals surface area contributed by atoms with Gasteiger partial charge in [0.1, 0.15) is 0 Å². The molecule has 5 nitrogen and oxygen atoms in total. The highest BCUT2D eigenvalue weighted by Gasteiger charge is 2.20. The zero-order valence-electron chi connectivity index (χ0n) is 12.3. The molecule has 0 aromatic heterocycles. The van der Waals surface area contributed by atoms with E-state index >= 15 is 0 Å². The number of halogens is 1. The SMILES string of the molecule is COc1ccc(CN2CCN(C(=O)CCN)CC2)cc1F. The molecular formula is C15H22FN3O2. The lowest BCUT2D eigenvalue weighted by Gasteiger charge is -2.34. The standard InChI is InChI=1S/C15H22FN3O2/c1-21-14-3-2-12(10-13(14)16)11-18-6-8-19(9-7-18)15(20)4-5-17/h2-3,10H,4-9,11,17H2,1H3. The number of rotatable bonds is 5. The van der Waals surface area contributed by atoms with Gasteiger partial charge in [-0.15, -0.1) is 0 Å². The van der Waals surface area contributed by atoms with E-state index in [0.717, 1.165) is 18.7 Å². The first kappa shape index (κ1) is 15.7. The van der Waals surface area contributed by atoms with Crippen LogP contribution in [0.3, 0.4) is 0 Å². The fourth-order valence-corrected chi connectivity index (χ4v) is 2.50. The summed E-state index contributed by atoms with van der Waals surface area (Å²) in [4.78, 5) is 15.8. The van der Waals surface area contributed by atoms with Gasteiger partial charge in [-0.2, -0.15) is 0 Å². The first-order valence-corrected chi connectivity index (χ1v) is 7.16. The molecule has 6 heteroatoms. The Labute approximate surface area is 124 Å². The Morgan fingerprint density at radius 2 is 2.05 bits per heavy atom. The lowest BCUT2D eigenvalue weighted by molar-refractivity contribution is -0.132. The van der Waals surface area contributed by atoms with Crippen molar-refractivity contribution < 1.29 is 13.9 Å². The minimum absolute atomic E-state index is 0.118. The lowest BCUT2D eigenvalue weighted by Crippen LogP contribution is -2.48. The number of methoxy groups -OCH3 is 1. The fraction of sp³-hybridized carbons (Fsp3) is 0.533. The van der Waals surface area contributed by atoms with Crippen LogP contribution in [0, 0.1) is 5.82 Å². The molecule has 1 aliphatic heterocycles. The minimum atomic E-state index is -0.341. The van der Waals surface area contributed by atoms with Gasteiger partial charge in [0.05, 0.1) is 7.11 Å². The predicted octanol–water partition coefficient (Wildman–Crippen LogP) is 0.827. The number of hydrogen-bond donors (Lipinski definition) is 1. The summed E-state index contributed by atoms with van der Waals surface area (Å²) in [7, 11) is 1.45. The van der Waals surface area contributed by atoms with E-state index in [2.05, 4.69) is 4.90 Å². The monoisotopic (exact) mass is 295 g/mol. The van der Waals surface area contributed by atoms with Gasteiger partial charge in [-0.1, -0.05) is 6.07 Å². The molecule has 1 aliphatic rings. The summed E-state index contributed by atoms with van der Waals surface area (Å²) >= 11 is 0. The molecular weight excluding hydrogens is 273 g/mol. The van der Waals surface area contributed by atoms with Crippen molar-refractivity contribution in [2.45, 2.75) is 13.0 Å². The van der Waals surface area contributed by atoms with Crippen LogP contribution in [0.4, 0.5) is 4.39 Å². The number of amides is 1. The largest absolute Gasteiger partial charge is 0.494 e. The van der Waals surface area contributed by atoms with Crippen molar-refractivity contribution in [2.75, 3.05) is 39.8 Å². The quantitative estimate of drug-likeness (QED) is 0.874. The van der Waals surface area contributed by atoms with Crippen LogP contribution in [0.15, 0.2) is 18.2 Å². The number of benzene rings is 1. The average Bonchev–Trinajstić information content (AvgIpc) is 2.48. The van der Waals surface area contributed by atoms with Crippen molar-refractivity contribution in [1.29, 1.82) is 0 Å². The van der Waals surface area contributed by atoms with Gasteiger partial charge in [0, 0.05) is 45.7 Å². The Morgan fingerprint density at radius 1 is 1.33 bits per heavy atom. The van der Waals surface area contributed by atoms with E-state index in [0.29, 0.717) is 32.6 Å². The minimum Gasteiger partial charge on any atom is -0.494 e. The smallest absolute Gasteiger partial charge is 0.223 e. The summed E-state index contributed by atoms with van der Waals surface area (Å²) in [6.07, 6.45) is 0.406. The Balaban J connectivity index is 1.86. The van der Waals surface area contributed by atoms with Gasteiger partial charge in [-0.25, -0.2) is 4.39 Å². The van der Waals surface area contributed by atoms with E-state index in [1.54, 1.807) is 6.07 Å². The highest BCUT2D eigenvalue weighted by molar-refractivity contribution is 5.76. The van der Waals surface area contributed by atoms with Crippen LogP contribution in [0.1, 0.15) is 12.0 Å². The summed E-state index contributed by atoms with van der Waals surface area (Å²) in [6, 6.07) is 5.02. The van der Waals surface area contributed by atoms with E-state index in [-0.39, 0.29) is 17.5 Å². The molecule has 1 aromatic rings. The molecule has 0 saturated carbocycles. The van der Waals surface area contributed by atoms with Gasteiger partial charge in [0.15, 0.2) is 11.6 Å². The van der Waals surface area contributed by atoms with Crippen molar-refractivity contribution in [2.24, 2.45) is 5.73 Å². The van der Waals surface area contributed by atoms with E-state index < -0.39 is 0 Å². The number of ether oxygens (including phenoxy) is 1. The second-order valence-electron chi connectivity index (χ2n) is 5.16. The Hall–Kier alpha value is -1.66. The van der Waals surface area contributed by atoms with Gasteiger partial charge in [-0.05, 0) is 17.7 Å². The normalized spacial score (nSPS) is 16.0. The van der Waals surface area contributed by atoms with Crippen molar-refractivity contribution in [1.82, 2.24) is 9.80 Å². The van der Waals surface area contributed by atoms with Gasteiger partial charge in [0.25, 0.3) is 0 Å². The second kappa shape index (κ2) is 7.38. The molecule has 0 radical (unpaired) electrons. The van der Waals surface area contributed by atoms with Crippen molar-refractivity contribution in [3.63, 3.8) is 0 Å². The predicted molar refractivity (Wildman–Crippen MR) is 78.5 cm³/mol. The van der Waals surface area contributed by atoms with Gasteiger partial charge in [0.2, 0.25) is 5.91 Å². The van der Waals surface area contributed by atoms with E-state index in [4.69, 9.17) is 10.5 Å². The number of hydrogen-bond acceptors (Lipinski definition) is 4. The third kappa shape index (κ3) is 4.15. The first-order chi connectivity index (χ1) is 10.1. The molecule has 0 aliphatic carbocycles. The highest BCUT2D eigenvalue weighted by Crippen LogP contribution is 2.19. The van der Waals surface area contributed by atoms with Gasteiger partial charge >= 0.3 is 0 Å². The van der Waals surface area contributed by atoms with E-state index in [9.17, 15) is 9.18 Å². The molecule has 1 aromatic carbocycles. The summed E-state index contributed by atoms with van der Waals surface area (Å²) in [5.74, 6) is 0.0374. The van der Waals surface area contributed by atoms with Gasteiger partial charge < -0.3 is 15.4 Å². The molecule has 0 spiro atoms. The maximum Gasteiger partial charge on any atom is 0.223 e. The molecule has 2 rings (SSSR count). The Morgan fingerprint density at radius 3 is 2.62 bits per heavy atom. The molecule has 2 N–H and O–H groups in total. The van der Waals surface area contributed by atoms with Crippen LogP contribution in [-0.2, 0) is 11.3 Å². The lowest BCUT2D eigenvalue weighted by atomic mass is 10.1. The topological polar surface area (TPSA) is 58.8 Å². The van der Waals surface area contributed by atoms with Crippen LogP contribution in [0.25, 0.3) is 0 Å². The summed E-state index contributed by atoms with van der Waals surface area (Å²) < 4.78 is 18.6. The molecule has 116 valence electrons. The van der Waals surface area contributed by atoms with E-state index in [1.165, 1.54) is 13.2 Å². The summed E-state index contributed by atoms with van der Waals surface area (Å²) in [6.45, 7) is 4.08. The number of carbonyl (C=O) groups is 1. The molecule has 0 bridgehead atoms. The van der Waals surface area contributed by atoms with Crippen LogP contribution in [0.5, 0.6) is 5.75 Å². The second-order valence-corrected chi connectivity index (χ2v) is 5.16. The van der Waals surface area contributed by atoms with Gasteiger partial charge in [-0.3, -0.25) is 9.69 Å². The van der Waals surface area contributed by atoms with Crippen molar-refractivity contribution in [3.8, 4) is 5.75 Å². The average molecular weight is 295 g/mol. The summed E-state index contributed by atoms with van der Waals surface area (Å²) in [5.41, 5.74) is 6.31. The van der Waals surface area contributed by atoms with Crippen molar-refractivity contribution in [3.05, 3.63) is 29.6 Å². The number of carbonyl (C=O) groups excluding carboxylic acids is 1. The van der Waals surface area contributed by atoms with Crippen LogP contribution in [0.2, 0.25) is 0 Å². The third-order valence-corrected chi connectivity index (χ3v) is 3.71. The molecule has 1 saturated heterocycles. The maximum absolute atomic E-state index is 13.6. The zero-order chi connectivity index (χ0) is 15.2. The molecule has 21 heavy (non-hydrogen) atoms. The molecule has 1 amide bonds. The third-order valence-electron chi connectivity index (χ3n) is 3.71. The van der Waals surface area contributed by atoms with Crippen LogP contribution >= 0.6 is 0 Å². The molecule has 0 unspecified atom stereocenters. The Bertz CT molecular complexity index is 488. The van der Waals surface area contributed by atoms with Crippen LogP contribution in [-0.4, -0.2) is 55.5 Å². The van der Waals surface area contributed by atoms with Crippen molar-refractivity contribution >= 4 is 5.91 Å². The number of nitrogens with two attached hydrogens (primary N) is 1. The molecule has 1 heterocycles. The Kier molecular flexibility index (Phi) is 5.52.